The molecule has 4 nitrogen and oxygen atoms in total. The summed E-state index contributed by atoms with van der Waals surface area (Å²) in [6.07, 6.45) is 7.27. The smallest absolute Gasteiger partial charge is 0.323 e. The number of rotatable bonds is 0. The second kappa shape index (κ2) is 7.04. The van der Waals surface area contributed by atoms with Crippen molar-refractivity contribution in [2.75, 3.05) is 17.4 Å². The van der Waals surface area contributed by atoms with Crippen molar-refractivity contribution in [2.24, 2.45) is 5.73 Å². The normalized spacial score (nSPS) is 11.9. The lowest BCUT2D eigenvalue weighted by atomic mass is 10.1. The fourth-order valence-electron chi connectivity index (χ4n) is 2.21. The Morgan fingerprint density at radius 2 is 1.27 bits per heavy atom. The van der Waals surface area contributed by atoms with Gasteiger partial charge in [0.25, 0.3) is 0 Å². The zero-order chi connectivity index (χ0) is 16.1. The lowest BCUT2D eigenvalue weighted by Crippen LogP contribution is -2.32. The monoisotopic (exact) mass is 314 g/mol. The van der Waals surface area contributed by atoms with Crippen LogP contribution in [0.5, 0.6) is 0 Å². The molecule has 114 valence electrons. The molecule has 2 amide bonds. The number of hydrogen-bond donors (Lipinski definition) is 1. The predicted octanol–water partition coefficient (Wildman–Crippen LogP) is 3.38. The summed E-state index contributed by atoms with van der Waals surface area (Å²) in [6, 6.07) is 14.9. The second-order valence-corrected chi connectivity index (χ2v) is 6.35. The molecular weight excluding hydrogens is 296 g/mol. The third-order valence-corrected chi connectivity index (χ3v) is 3.02. The molecule has 1 aliphatic heterocycles. The van der Waals surface area contributed by atoms with Gasteiger partial charge in [-0.2, -0.15) is 0 Å². The van der Waals surface area contributed by atoms with Gasteiger partial charge in [0.05, 0.1) is 11.4 Å². The molecule has 0 saturated heterocycles. The Morgan fingerprint density at radius 3 is 1.64 bits per heavy atom. The number of amides is 2. The summed E-state index contributed by atoms with van der Waals surface area (Å²) in [4.78, 5) is 13.3. The Labute approximate surface area is 132 Å². The topological polar surface area (TPSA) is 63.4 Å². The fraction of sp³-hybridized carbons (Fsp3) is 0.118. The van der Waals surface area contributed by atoms with Crippen molar-refractivity contribution in [2.45, 2.75) is 0 Å². The zero-order valence-corrected chi connectivity index (χ0v) is 13.3. The number of carbonyl (C=O) groups is 1. The summed E-state index contributed by atoms with van der Waals surface area (Å²) in [6.45, 7) is 0. The van der Waals surface area contributed by atoms with Crippen LogP contribution in [0.15, 0.2) is 48.5 Å². The molecule has 5 heteroatoms. The number of para-hydroxylation sites is 2. The van der Waals surface area contributed by atoms with Crippen molar-refractivity contribution < 1.29 is 9.00 Å². The first-order valence-electron chi connectivity index (χ1n) is 6.71. The molecule has 0 radical (unpaired) electrons. The van der Waals surface area contributed by atoms with Crippen LogP contribution in [0.25, 0.3) is 12.2 Å². The van der Waals surface area contributed by atoms with E-state index in [9.17, 15) is 9.00 Å². The largest absolute Gasteiger partial charge is 0.351 e. The Balaban J connectivity index is 0.000000396. The van der Waals surface area contributed by atoms with Gasteiger partial charge in [-0.15, -0.1) is 0 Å². The molecule has 3 rings (SSSR count). The van der Waals surface area contributed by atoms with Gasteiger partial charge in [-0.05, 0) is 23.3 Å². The number of benzene rings is 2. The van der Waals surface area contributed by atoms with E-state index in [2.05, 4.69) is 0 Å². The first kappa shape index (κ1) is 16.0. The van der Waals surface area contributed by atoms with Crippen molar-refractivity contribution in [3.05, 3.63) is 59.7 Å². The molecule has 0 saturated carbocycles. The molecular formula is C17H18N2O2S. The van der Waals surface area contributed by atoms with Crippen molar-refractivity contribution >= 4 is 40.4 Å². The number of anilines is 2. The van der Waals surface area contributed by atoms with Gasteiger partial charge in [-0.25, -0.2) is 4.79 Å². The number of carbonyl (C=O) groups excluding carboxylic acids is 1. The number of fused-ring (bicyclic) bond motifs is 2. The highest BCUT2D eigenvalue weighted by molar-refractivity contribution is 7.83. The summed E-state index contributed by atoms with van der Waals surface area (Å²) in [5.41, 5.74) is 9.11. The lowest BCUT2D eigenvalue weighted by molar-refractivity contribution is 0.256. The molecule has 0 unspecified atom stereocenters. The fourth-order valence-corrected chi connectivity index (χ4v) is 2.21. The van der Waals surface area contributed by atoms with Gasteiger partial charge in [0.15, 0.2) is 0 Å². The summed E-state index contributed by atoms with van der Waals surface area (Å²) >= 11 is 0. The van der Waals surface area contributed by atoms with E-state index in [1.165, 1.54) is 0 Å². The van der Waals surface area contributed by atoms with Crippen molar-refractivity contribution in [3.63, 3.8) is 0 Å². The average molecular weight is 314 g/mol. The first-order valence-corrected chi connectivity index (χ1v) is 8.68. The first-order chi connectivity index (χ1) is 10.5. The van der Waals surface area contributed by atoms with Crippen molar-refractivity contribution in [1.82, 2.24) is 0 Å². The van der Waals surface area contributed by atoms with Gasteiger partial charge in [0, 0.05) is 23.3 Å². The Morgan fingerprint density at radius 1 is 0.909 bits per heavy atom. The van der Waals surface area contributed by atoms with Gasteiger partial charge in [0.1, 0.15) is 0 Å². The quantitative estimate of drug-likeness (QED) is 0.810. The Hall–Kier alpha value is -2.40. The van der Waals surface area contributed by atoms with E-state index in [1.54, 1.807) is 17.4 Å². The molecule has 0 atom stereocenters. The number of nitrogens with zero attached hydrogens (tertiary/aromatic N) is 1. The van der Waals surface area contributed by atoms with Crippen LogP contribution in [0.3, 0.4) is 0 Å². The van der Waals surface area contributed by atoms with Crippen LogP contribution in [-0.4, -0.2) is 22.8 Å². The summed E-state index contributed by atoms with van der Waals surface area (Å²) in [5.74, 6) is 0. The van der Waals surface area contributed by atoms with E-state index in [-0.39, 0.29) is 0 Å². The lowest BCUT2D eigenvalue weighted by Gasteiger charge is -2.22. The highest BCUT2D eigenvalue weighted by Gasteiger charge is 2.21. The summed E-state index contributed by atoms with van der Waals surface area (Å²) in [7, 11) is -0.611. The SMILES string of the molecule is CS(C)=O.NC(=O)N1c2ccccc2C=Cc2ccccc21. The Kier molecular flexibility index (Phi) is 5.12. The molecule has 1 heterocycles. The van der Waals surface area contributed by atoms with E-state index in [0.29, 0.717) is 0 Å². The molecule has 22 heavy (non-hydrogen) atoms. The van der Waals surface area contributed by atoms with Gasteiger partial charge in [-0.3, -0.25) is 9.11 Å². The number of urea groups is 1. The van der Waals surface area contributed by atoms with E-state index >= 15 is 0 Å². The summed E-state index contributed by atoms with van der Waals surface area (Å²) < 4.78 is 9.56. The van der Waals surface area contributed by atoms with Crippen LogP contribution in [-0.2, 0) is 10.8 Å². The van der Waals surface area contributed by atoms with Crippen molar-refractivity contribution in [1.29, 1.82) is 0 Å². The van der Waals surface area contributed by atoms with Crippen LogP contribution < -0.4 is 10.6 Å². The maximum Gasteiger partial charge on any atom is 0.323 e. The molecule has 1 aliphatic rings. The minimum Gasteiger partial charge on any atom is -0.351 e. The molecule has 2 N–H and O–H groups in total. The third-order valence-electron chi connectivity index (χ3n) is 3.02. The molecule has 0 fully saturated rings. The minimum absolute atomic E-state index is 0.474. The maximum atomic E-state index is 11.8. The van der Waals surface area contributed by atoms with Gasteiger partial charge >= 0.3 is 6.03 Å². The van der Waals surface area contributed by atoms with Crippen LogP contribution in [0, 0.1) is 0 Å². The molecule has 0 bridgehead atoms. The van der Waals surface area contributed by atoms with Gasteiger partial charge in [-0.1, -0.05) is 48.6 Å². The molecule has 0 aliphatic carbocycles. The van der Waals surface area contributed by atoms with Crippen molar-refractivity contribution in [3.8, 4) is 0 Å². The molecule has 0 aromatic heterocycles. The highest BCUT2D eigenvalue weighted by Crippen LogP contribution is 2.35. The molecule has 0 spiro atoms. The van der Waals surface area contributed by atoms with E-state index in [1.807, 2.05) is 60.7 Å². The standard InChI is InChI=1S/C15H12N2O.C2H6OS/c16-15(18)17-13-7-3-1-5-11(13)9-10-12-6-2-4-8-14(12)17;1-4(2)3/h1-10H,(H2,16,18);1-2H3. The van der Waals surface area contributed by atoms with Gasteiger partial charge < -0.3 is 5.73 Å². The van der Waals surface area contributed by atoms with E-state index in [0.717, 1.165) is 22.5 Å². The predicted molar refractivity (Wildman–Crippen MR) is 93.5 cm³/mol. The van der Waals surface area contributed by atoms with E-state index < -0.39 is 16.8 Å². The second-order valence-electron chi connectivity index (χ2n) is 4.87. The van der Waals surface area contributed by atoms with E-state index in [4.69, 9.17) is 5.73 Å². The zero-order valence-electron chi connectivity index (χ0n) is 12.5. The van der Waals surface area contributed by atoms with Crippen LogP contribution in [0.1, 0.15) is 11.1 Å². The van der Waals surface area contributed by atoms with Crippen LogP contribution >= 0.6 is 0 Å². The molecule has 2 aromatic carbocycles. The minimum atomic E-state index is -0.611. The van der Waals surface area contributed by atoms with Crippen LogP contribution in [0.4, 0.5) is 16.2 Å². The van der Waals surface area contributed by atoms with Crippen LogP contribution in [0.2, 0.25) is 0 Å². The number of primary amides is 1. The molecule has 2 aromatic rings. The Bertz CT molecular complexity index is 687. The third kappa shape index (κ3) is 3.62. The maximum absolute atomic E-state index is 11.8. The average Bonchev–Trinajstić information content (AvgIpc) is 2.63. The van der Waals surface area contributed by atoms with Gasteiger partial charge in [0.2, 0.25) is 0 Å². The summed E-state index contributed by atoms with van der Waals surface area (Å²) in [5, 5.41) is 0. The highest BCUT2D eigenvalue weighted by atomic mass is 32.2. The number of hydrogen-bond acceptors (Lipinski definition) is 2. The number of nitrogens with two attached hydrogens (primary N) is 1.